The number of hydrogen-bond donors (Lipinski definition) is 1. The van der Waals surface area contributed by atoms with Gasteiger partial charge in [0.2, 0.25) is 0 Å². The number of hydrogen-bond acceptors (Lipinski definition) is 7. The lowest BCUT2D eigenvalue weighted by Gasteiger charge is -2.14. The van der Waals surface area contributed by atoms with Crippen LogP contribution in [0.3, 0.4) is 0 Å². The molecule has 0 bridgehead atoms. The van der Waals surface area contributed by atoms with Crippen LogP contribution in [0.15, 0.2) is 91.0 Å². The SMILES string of the molecule is O=C(O)c1ccc(Oc2ccc(N3C(=O)c4ccc(Oc5ccc([N+](=O)[O-])cc5)cc4C3=O)cc2)cc1. The largest absolute Gasteiger partial charge is 0.478 e. The zero-order chi connectivity index (χ0) is 26.1. The molecular formula is C27H16N2O8. The molecule has 0 saturated heterocycles. The first-order valence-corrected chi connectivity index (χ1v) is 10.9. The zero-order valence-electron chi connectivity index (χ0n) is 18.9. The fourth-order valence-electron chi connectivity index (χ4n) is 3.75. The number of ether oxygens (including phenoxy) is 2. The number of nitrogens with zero attached hydrogens (tertiary/aromatic N) is 2. The van der Waals surface area contributed by atoms with Gasteiger partial charge in [-0.25, -0.2) is 9.69 Å². The maximum absolute atomic E-state index is 13.1. The predicted octanol–water partition coefficient (Wildman–Crippen LogP) is 5.68. The van der Waals surface area contributed by atoms with Crippen LogP contribution < -0.4 is 14.4 Å². The molecule has 0 fully saturated rings. The molecule has 1 aliphatic rings. The minimum atomic E-state index is -1.04. The van der Waals surface area contributed by atoms with Crippen LogP contribution in [-0.2, 0) is 0 Å². The lowest BCUT2D eigenvalue weighted by molar-refractivity contribution is -0.384. The highest BCUT2D eigenvalue weighted by Gasteiger charge is 2.37. The van der Waals surface area contributed by atoms with E-state index in [9.17, 15) is 24.5 Å². The summed E-state index contributed by atoms with van der Waals surface area (Å²) in [6.45, 7) is 0. The first kappa shape index (κ1) is 23.2. The van der Waals surface area contributed by atoms with Gasteiger partial charge in [0.05, 0.1) is 27.3 Å². The number of anilines is 1. The van der Waals surface area contributed by atoms with Crippen molar-refractivity contribution in [2.24, 2.45) is 0 Å². The van der Waals surface area contributed by atoms with E-state index >= 15 is 0 Å². The Balaban J connectivity index is 1.31. The van der Waals surface area contributed by atoms with Gasteiger partial charge < -0.3 is 14.6 Å². The van der Waals surface area contributed by atoms with E-state index in [2.05, 4.69) is 0 Å². The quantitative estimate of drug-likeness (QED) is 0.196. The zero-order valence-corrected chi connectivity index (χ0v) is 18.9. The van der Waals surface area contributed by atoms with Crippen LogP contribution in [0.4, 0.5) is 11.4 Å². The van der Waals surface area contributed by atoms with Gasteiger partial charge in [-0.05, 0) is 78.9 Å². The Morgan fingerprint density at radius 2 is 1.19 bits per heavy atom. The van der Waals surface area contributed by atoms with Crippen LogP contribution in [0.1, 0.15) is 31.1 Å². The van der Waals surface area contributed by atoms with Crippen LogP contribution in [0, 0.1) is 10.1 Å². The number of carbonyl (C=O) groups excluding carboxylic acids is 2. The molecule has 4 aromatic carbocycles. The number of carboxylic acid groups (broad SMARTS) is 1. The normalized spacial score (nSPS) is 12.3. The van der Waals surface area contributed by atoms with Crippen molar-refractivity contribution in [1.82, 2.24) is 0 Å². The van der Waals surface area contributed by atoms with Gasteiger partial charge in [0.15, 0.2) is 0 Å². The van der Waals surface area contributed by atoms with Crippen molar-refractivity contribution in [3.8, 4) is 23.0 Å². The van der Waals surface area contributed by atoms with Gasteiger partial charge in [0.1, 0.15) is 23.0 Å². The molecule has 1 heterocycles. The monoisotopic (exact) mass is 496 g/mol. The Morgan fingerprint density at radius 3 is 1.76 bits per heavy atom. The van der Waals surface area contributed by atoms with E-state index in [4.69, 9.17) is 14.6 Å². The highest BCUT2D eigenvalue weighted by atomic mass is 16.6. The number of carboxylic acids is 1. The van der Waals surface area contributed by atoms with E-state index in [1.54, 1.807) is 30.3 Å². The molecule has 1 N–H and O–H groups in total. The summed E-state index contributed by atoms with van der Waals surface area (Å²) < 4.78 is 11.4. The number of amides is 2. The third kappa shape index (κ3) is 4.58. The van der Waals surface area contributed by atoms with Crippen molar-refractivity contribution < 1.29 is 33.9 Å². The molecule has 0 spiro atoms. The highest BCUT2D eigenvalue weighted by Crippen LogP contribution is 2.34. The van der Waals surface area contributed by atoms with E-state index in [1.807, 2.05) is 0 Å². The molecule has 0 atom stereocenters. The minimum absolute atomic E-state index is 0.0785. The Morgan fingerprint density at radius 1 is 0.703 bits per heavy atom. The van der Waals surface area contributed by atoms with E-state index in [0.29, 0.717) is 28.7 Å². The Kier molecular flexibility index (Phi) is 5.82. The van der Waals surface area contributed by atoms with Crippen molar-refractivity contribution in [2.45, 2.75) is 0 Å². The standard InChI is InChI=1S/C27H16N2O8/c30-25-23-14-13-22(37-21-11-5-18(6-12-21)29(34)35)15-24(23)26(31)28(25)17-3-9-20(10-4-17)36-19-7-1-16(2-8-19)27(32)33/h1-15H,(H,32,33). The number of imide groups is 1. The maximum Gasteiger partial charge on any atom is 0.335 e. The summed E-state index contributed by atoms with van der Waals surface area (Å²) in [6, 6.07) is 22.2. The minimum Gasteiger partial charge on any atom is -0.478 e. The topological polar surface area (TPSA) is 136 Å². The fraction of sp³-hybridized carbons (Fsp3) is 0. The third-order valence-electron chi connectivity index (χ3n) is 5.57. The van der Waals surface area contributed by atoms with Crippen LogP contribution in [0.25, 0.3) is 0 Å². The molecule has 10 heteroatoms. The van der Waals surface area contributed by atoms with Crippen LogP contribution >= 0.6 is 0 Å². The molecule has 0 radical (unpaired) electrons. The lowest BCUT2D eigenvalue weighted by atomic mass is 10.1. The van der Waals surface area contributed by atoms with Gasteiger partial charge in [-0.1, -0.05) is 0 Å². The average molecular weight is 496 g/mol. The lowest BCUT2D eigenvalue weighted by Crippen LogP contribution is -2.29. The number of rotatable bonds is 7. The Bertz CT molecular complexity index is 1550. The van der Waals surface area contributed by atoms with Crippen molar-refractivity contribution >= 4 is 29.2 Å². The van der Waals surface area contributed by atoms with Crippen molar-refractivity contribution in [2.75, 3.05) is 4.90 Å². The summed E-state index contributed by atoms with van der Waals surface area (Å²) in [5.74, 6) is -0.546. The Hall–Kier alpha value is -5.51. The second-order valence-corrected chi connectivity index (χ2v) is 7.93. The van der Waals surface area contributed by atoms with Crippen molar-refractivity contribution in [3.05, 3.63) is 118 Å². The van der Waals surface area contributed by atoms with Gasteiger partial charge in [-0.15, -0.1) is 0 Å². The third-order valence-corrected chi connectivity index (χ3v) is 5.57. The average Bonchev–Trinajstić information content (AvgIpc) is 3.14. The van der Waals surface area contributed by atoms with Crippen molar-refractivity contribution in [1.29, 1.82) is 0 Å². The summed E-state index contributed by atoms with van der Waals surface area (Å²) in [5, 5.41) is 19.8. The number of non-ortho nitro benzene ring substituents is 1. The van der Waals surface area contributed by atoms with Gasteiger partial charge in [-0.2, -0.15) is 0 Å². The molecule has 182 valence electrons. The first-order chi connectivity index (χ1) is 17.8. The van der Waals surface area contributed by atoms with Gasteiger partial charge in [0.25, 0.3) is 17.5 Å². The molecule has 0 aromatic heterocycles. The summed E-state index contributed by atoms with van der Waals surface area (Å²) in [6.07, 6.45) is 0. The van der Waals surface area contributed by atoms with Gasteiger partial charge in [0, 0.05) is 12.1 Å². The number of nitro groups is 1. The number of aromatic carboxylic acids is 1. The summed E-state index contributed by atoms with van der Waals surface area (Å²) >= 11 is 0. The predicted molar refractivity (Wildman–Crippen MR) is 131 cm³/mol. The smallest absolute Gasteiger partial charge is 0.335 e. The number of fused-ring (bicyclic) bond motifs is 1. The van der Waals surface area contributed by atoms with Crippen LogP contribution in [0.2, 0.25) is 0 Å². The van der Waals surface area contributed by atoms with Gasteiger partial charge >= 0.3 is 5.97 Å². The molecule has 0 aliphatic carbocycles. The maximum atomic E-state index is 13.1. The second kappa shape index (κ2) is 9.27. The summed E-state index contributed by atoms with van der Waals surface area (Å²) in [5.41, 5.74) is 0.792. The highest BCUT2D eigenvalue weighted by molar-refractivity contribution is 6.34. The van der Waals surface area contributed by atoms with Crippen molar-refractivity contribution in [3.63, 3.8) is 0 Å². The molecule has 1 aliphatic heterocycles. The molecule has 0 unspecified atom stereocenters. The fourth-order valence-corrected chi connectivity index (χ4v) is 3.75. The molecule has 4 aromatic rings. The van der Waals surface area contributed by atoms with E-state index in [-0.39, 0.29) is 22.4 Å². The van der Waals surface area contributed by atoms with E-state index in [0.717, 1.165) is 4.90 Å². The molecular weight excluding hydrogens is 480 g/mol. The first-order valence-electron chi connectivity index (χ1n) is 10.9. The summed E-state index contributed by atoms with van der Waals surface area (Å²) in [7, 11) is 0. The molecule has 2 amide bonds. The number of nitro benzene ring substituents is 1. The van der Waals surface area contributed by atoms with E-state index in [1.165, 1.54) is 60.7 Å². The molecule has 10 nitrogen and oxygen atoms in total. The van der Waals surface area contributed by atoms with Crippen LogP contribution in [0.5, 0.6) is 23.0 Å². The Labute approximate surface area is 209 Å². The molecule has 0 saturated carbocycles. The number of carbonyl (C=O) groups is 3. The number of benzene rings is 4. The molecule has 37 heavy (non-hydrogen) atoms. The molecule has 5 rings (SSSR count). The summed E-state index contributed by atoms with van der Waals surface area (Å²) in [4.78, 5) is 48.4. The van der Waals surface area contributed by atoms with Gasteiger partial charge in [-0.3, -0.25) is 19.7 Å². The van der Waals surface area contributed by atoms with E-state index < -0.39 is 22.7 Å². The second-order valence-electron chi connectivity index (χ2n) is 7.93. The van der Waals surface area contributed by atoms with Crippen LogP contribution in [-0.4, -0.2) is 27.8 Å².